The van der Waals surface area contributed by atoms with Crippen LogP contribution in [-0.4, -0.2) is 34.2 Å². The zero-order valence-corrected chi connectivity index (χ0v) is 19.7. The molecule has 0 fully saturated rings. The van der Waals surface area contributed by atoms with Crippen LogP contribution in [-0.2, 0) is 20.2 Å². The number of thiophene rings is 2. The molecule has 0 saturated carbocycles. The molecule has 0 aliphatic carbocycles. The second kappa shape index (κ2) is 9.11. The van der Waals surface area contributed by atoms with Crippen molar-refractivity contribution in [3.63, 3.8) is 0 Å². The highest BCUT2D eigenvalue weighted by Crippen LogP contribution is 2.31. The van der Waals surface area contributed by atoms with Crippen molar-refractivity contribution in [1.29, 1.82) is 0 Å². The van der Waals surface area contributed by atoms with E-state index in [2.05, 4.69) is 5.10 Å². The average Bonchev–Trinajstić information content (AvgIpc) is 3.50. The van der Waals surface area contributed by atoms with E-state index in [1.165, 1.54) is 11.3 Å². The lowest BCUT2D eigenvalue weighted by Crippen LogP contribution is -2.29. The van der Waals surface area contributed by atoms with E-state index in [1.54, 1.807) is 18.4 Å². The van der Waals surface area contributed by atoms with Gasteiger partial charge >= 0.3 is 0 Å². The smallest absolute Gasteiger partial charge is 0.264 e. The second-order valence-corrected chi connectivity index (χ2v) is 9.27. The van der Waals surface area contributed by atoms with Gasteiger partial charge in [0.15, 0.2) is 11.5 Å². The van der Waals surface area contributed by atoms with Crippen LogP contribution in [0.3, 0.4) is 0 Å². The third kappa shape index (κ3) is 4.45. The molecule has 1 aromatic carbocycles. The number of ether oxygens (including phenoxy) is 2. The molecule has 0 aliphatic heterocycles. The zero-order chi connectivity index (χ0) is 22.0. The van der Waals surface area contributed by atoms with Crippen LogP contribution >= 0.6 is 22.7 Å². The third-order valence-electron chi connectivity index (χ3n) is 5.13. The Balaban J connectivity index is 1.50. The maximum absolute atomic E-state index is 13.2. The van der Waals surface area contributed by atoms with Gasteiger partial charge in [-0.2, -0.15) is 5.10 Å². The fraction of sp³-hybridized carbons (Fsp3) is 0.304. The van der Waals surface area contributed by atoms with Gasteiger partial charge in [0.05, 0.1) is 17.7 Å². The molecule has 0 atom stereocenters. The minimum atomic E-state index is 0.0279. The summed E-state index contributed by atoms with van der Waals surface area (Å²) in [6.45, 7) is 5.59. The van der Waals surface area contributed by atoms with E-state index in [9.17, 15) is 4.79 Å². The number of amides is 1. The Morgan fingerprint density at radius 1 is 1.23 bits per heavy atom. The second-order valence-electron chi connectivity index (χ2n) is 7.21. The van der Waals surface area contributed by atoms with Gasteiger partial charge in [-0.25, -0.2) is 0 Å². The molecular weight excluding hydrogens is 430 g/mol. The molecular formula is C23H25N3O3S2. The van der Waals surface area contributed by atoms with Crippen molar-refractivity contribution >= 4 is 38.8 Å². The molecule has 4 rings (SSSR count). The summed E-state index contributed by atoms with van der Waals surface area (Å²) in [7, 11) is 3.54. The van der Waals surface area contributed by atoms with Gasteiger partial charge in [-0.15, -0.1) is 22.7 Å². The minimum absolute atomic E-state index is 0.0279. The standard InChI is InChI=1S/C23H25N3O3S2/c1-5-26(22(27)21-12-18-15(2)24-25(3)23(18)31-21)13-16-8-9-19(20(11-16)28-4)29-14-17-7-6-10-30-17/h6-12H,5,13-14H2,1-4H3. The van der Waals surface area contributed by atoms with Gasteiger partial charge in [0.25, 0.3) is 5.91 Å². The van der Waals surface area contributed by atoms with Crippen molar-refractivity contribution in [3.05, 3.63) is 62.8 Å². The molecule has 162 valence electrons. The summed E-state index contributed by atoms with van der Waals surface area (Å²) >= 11 is 3.15. The van der Waals surface area contributed by atoms with Gasteiger partial charge in [0.2, 0.25) is 0 Å². The minimum Gasteiger partial charge on any atom is -0.493 e. The van der Waals surface area contributed by atoms with Crippen LogP contribution in [0.1, 0.15) is 32.7 Å². The molecule has 4 aromatic rings. The largest absolute Gasteiger partial charge is 0.493 e. The molecule has 0 saturated heterocycles. The summed E-state index contributed by atoms with van der Waals surface area (Å²) in [5.74, 6) is 1.39. The number of carbonyl (C=O) groups is 1. The normalized spacial score (nSPS) is 11.1. The molecule has 31 heavy (non-hydrogen) atoms. The van der Waals surface area contributed by atoms with Crippen molar-refractivity contribution in [3.8, 4) is 11.5 Å². The number of fused-ring (bicyclic) bond motifs is 1. The topological polar surface area (TPSA) is 56.6 Å². The highest BCUT2D eigenvalue weighted by Gasteiger charge is 2.20. The molecule has 1 amide bonds. The Hall–Kier alpha value is -2.84. The van der Waals surface area contributed by atoms with Gasteiger partial charge in [-0.3, -0.25) is 9.48 Å². The van der Waals surface area contributed by atoms with E-state index in [4.69, 9.17) is 9.47 Å². The summed E-state index contributed by atoms with van der Waals surface area (Å²) in [6.07, 6.45) is 0. The Morgan fingerprint density at radius 2 is 2.06 bits per heavy atom. The molecule has 0 N–H and O–H groups in total. The molecule has 0 bridgehead atoms. The van der Waals surface area contributed by atoms with Gasteiger partial charge in [0, 0.05) is 30.4 Å². The third-order valence-corrected chi connectivity index (χ3v) is 7.17. The molecule has 0 aliphatic rings. The molecule has 0 spiro atoms. The summed E-state index contributed by atoms with van der Waals surface area (Å²) in [4.78, 5) is 17.9. The molecule has 0 unspecified atom stereocenters. The van der Waals surface area contributed by atoms with E-state index < -0.39 is 0 Å². The van der Waals surface area contributed by atoms with E-state index in [0.717, 1.165) is 31.2 Å². The Bertz CT molecular complexity index is 1160. The Kier molecular flexibility index (Phi) is 6.29. The quantitative estimate of drug-likeness (QED) is 0.364. The average molecular weight is 456 g/mol. The maximum Gasteiger partial charge on any atom is 0.264 e. The van der Waals surface area contributed by atoms with Gasteiger partial charge < -0.3 is 14.4 Å². The Morgan fingerprint density at radius 3 is 2.74 bits per heavy atom. The predicted molar refractivity (Wildman–Crippen MR) is 125 cm³/mol. The first-order valence-electron chi connectivity index (χ1n) is 10.0. The van der Waals surface area contributed by atoms with Crippen molar-refractivity contribution in [2.45, 2.75) is 27.0 Å². The number of rotatable bonds is 8. The van der Waals surface area contributed by atoms with Crippen LogP contribution < -0.4 is 9.47 Å². The molecule has 3 aromatic heterocycles. The highest BCUT2D eigenvalue weighted by molar-refractivity contribution is 7.20. The van der Waals surface area contributed by atoms with Crippen LogP contribution in [0.2, 0.25) is 0 Å². The zero-order valence-electron chi connectivity index (χ0n) is 18.0. The number of aryl methyl sites for hydroxylation is 2. The summed E-state index contributed by atoms with van der Waals surface area (Å²) in [6, 6.07) is 11.8. The lowest BCUT2D eigenvalue weighted by molar-refractivity contribution is 0.0757. The van der Waals surface area contributed by atoms with E-state index in [1.807, 2.05) is 72.3 Å². The number of hydrogen-bond donors (Lipinski definition) is 0. The fourth-order valence-corrected chi connectivity index (χ4v) is 5.19. The van der Waals surface area contributed by atoms with Crippen LogP contribution in [0.25, 0.3) is 10.2 Å². The van der Waals surface area contributed by atoms with E-state index in [-0.39, 0.29) is 5.91 Å². The molecule has 0 radical (unpaired) electrons. The molecule has 6 nitrogen and oxygen atoms in total. The van der Waals surface area contributed by atoms with Crippen LogP contribution in [0.5, 0.6) is 11.5 Å². The van der Waals surface area contributed by atoms with E-state index in [0.29, 0.717) is 31.2 Å². The Labute approximate surface area is 189 Å². The van der Waals surface area contributed by atoms with Crippen molar-refractivity contribution < 1.29 is 14.3 Å². The fourth-order valence-electron chi connectivity index (χ4n) is 3.49. The molecule has 8 heteroatoms. The highest BCUT2D eigenvalue weighted by atomic mass is 32.1. The number of benzene rings is 1. The van der Waals surface area contributed by atoms with Crippen molar-refractivity contribution in [2.75, 3.05) is 13.7 Å². The predicted octanol–water partition coefficient (Wildman–Crippen LogP) is 5.25. The number of methoxy groups -OCH3 is 1. The number of hydrogen-bond acceptors (Lipinski definition) is 6. The summed E-state index contributed by atoms with van der Waals surface area (Å²) in [5.41, 5.74) is 1.94. The monoisotopic (exact) mass is 455 g/mol. The van der Waals surface area contributed by atoms with E-state index >= 15 is 0 Å². The first kappa shape index (κ1) is 21.4. The lowest BCUT2D eigenvalue weighted by Gasteiger charge is -2.21. The number of carbonyl (C=O) groups excluding carboxylic acids is 1. The van der Waals surface area contributed by atoms with Crippen LogP contribution in [0, 0.1) is 6.92 Å². The summed E-state index contributed by atoms with van der Waals surface area (Å²) in [5, 5.41) is 7.49. The summed E-state index contributed by atoms with van der Waals surface area (Å²) < 4.78 is 13.3. The van der Waals surface area contributed by atoms with Gasteiger partial charge in [0.1, 0.15) is 11.4 Å². The van der Waals surface area contributed by atoms with Crippen LogP contribution in [0.4, 0.5) is 0 Å². The van der Waals surface area contributed by atoms with Gasteiger partial charge in [-0.1, -0.05) is 12.1 Å². The number of aromatic nitrogens is 2. The van der Waals surface area contributed by atoms with Crippen LogP contribution in [0.15, 0.2) is 41.8 Å². The van der Waals surface area contributed by atoms with Gasteiger partial charge in [-0.05, 0) is 49.1 Å². The van der Waals surface area contributed by atoms with Crippen molar-refractivity contribution in [2.24, 2.45) is 7.05 Å². The lowest BCUT2D eigenvalue weighted by atomic mass is 10.1. The van der Waals surface area contributed by atoms with Crippen molar-refractivity contribution in [1.82, 2.24) is 14.7 Å². The number of nitrogens with zero attached hydrogens (tertiary/aromatic N) is 3. The first-order chi connectivity index (χ1) is 15.0. The first-order valence-corrected chi connectivity index (χ1v) is 11.7. The SMILES string of the molecule is CCN(Cc1ccc(OCc2cccs2)c(OC)c1)C(=O)c1cc2c(C)nn(C)c2s1. The molecule has 3 heterocycles. The maximum atomic E-state index is 13.2.